The summed E-state index contributed by atoms with van der Waals surface area (Å²) in [6.45, 7) is 9.69. The third kappa shape index (κ3) is 4.73. The molecule has 5 nitrogen and oxygen atoms in total. The Morgan fingerprint density at radius 1 is 1.25 bits per heavy atom. The van der Waals surface area contributed by atoms with Gasteiger partial charge in [-0.1, -0.05) is 32.0 Å². The Labute approximate surface area is 144 Å². The number of hydrogen-bond donors (Lipinski definition) is 2. The van der Waals surface area contributed by atoms with Crippen LogP contribution in [-0.4, -0.2) is 42.4 Å². The summed E-state index contributed by atoms with van der Waals surface area (Å²) in [5.41, 5.74) is 3.45. The van der Waals surface area contributed by atoms with Gasteiger partial charge < -0.3 is 15.5 Å². The van der Waals surface area contributed by atoms with E-state index >= 15 is 0 Å². The van der Waals surface area contributed by atoms with Crippen molar-refractivity contribution in [2.45, 2.75) is 52.5 Å². The Hall–Kier alpha value is -2.04. The highest BCUT2D eigenvalue weighted by atomic mass is 16.2. The third-order valence-electron chi connectivity index (χ3n) is 4.66. The molecule has 1 aliphatic heterocycles. The van der Waals surface area contributed by atoms with Gasteiger partial charge in [-0.15, -0.1) is 0 Å². The molecule has 5 heteroatoms. The number of piperidine rings is 1. The summed E-state index contributed by atoms with van der Waals surface area (Å²) in [5.74, 6) is 0.530. The maximum atomic E-state index is 12.2. The van der Waals surface area contributed by atoms with Gasteiger partial charge in [0.1, 0.15) is 0 Å². The highest BCUT2D eigenvalue weighted by Gasteiger charge is 2.22. The van der Waals surface area contributed by atoms with Crippen LogP contribution in [0.4, 0.5) is 5.69 Å². The molecule has 0 unspecified atom stereocenters. The zero-order chi connectivity index (χ0) is 17.7. The van der Waals surface area contributed by atoms with Crippen LogP contribution >= 0.6 is 0 Å². The molecule has 24 heavy (non-hydrogen) atoms. The lowest BCUT2D eigenvalue weighted by molar-refractivity contribution is -0.130. The topological polar surface area (TPSA) is 61.4 Å². The number of nitrogens with zero attached hydrogens (tertiary/aromatic N) is 1. The largest absolute Gasteiger partial charge is 0.376 e. The van der Waals surface area contributed by atoms with Gasteiger partial charge in [0.25, 0.3) is 0 Å². The van der Waals surface area contributed by atoms with E-state index in [1.54, 1.807) is 6.92 Å². The van der Waals surface area contributed by atoms with Crippen molar-refractivity contribution in [3.63, 3.8) is 0 Å². The number of aryl methyl sites for hydroxylation is 1. The van der Waals surface area contributed by atoms with Crippen LogP contribution in [0.1, 0.15) is 50.7 Å². The molecule has 1 aromatic carbocycles. The Bertz CT molecular complexity index is 590. The molecule has 0 spiro atoms. The Morgan fingerprint density at radius 2 is 1.92 bits per heavy atom. The summed E-state index contributed by atoms with van der Waals surface area (Å²) in [7, 11) is 0. The predicted molar refractivity (Wildman–Crippen MR) is 97.2 cm³/mol. The molecule has 0 aromatic heterocycles. The molecule has 1 aliphatic rings. The van der Waals surface area contributed by atoms with Crippen LogP contribution in [0.5, 0.6) is 0 Å². The minimum absolute atomic E-state index is 0.00855. The number of carbonyl (C=O) groups is 2. The molecule has 0 bridgehead atoms. The second-order valence-corrected chi connectivity index (χ2v) is 6.90. The molecule has 2 N–H and O–H groups in total. The van der Waals surface area contributed by atoms with Gasteiger partial charge in [0.05, 0.1) is 6.54 Å². The first kappa shape index (κ1) is 18.3. The summed E-state index contributed by atoms with van der Waals surface area (Å²) >= 11 is 0. The predicted octanol–water partition coefficient (Wildman–Crippen LogP) is 2.66. The fourth-order valence-corrected chi connectivity index (χ4v) is 3.20. The van der Waals surface area contributed by atoms with Gasteiger partial charge in [0, 0.05) is 31.7 Å². The van der Waals surface area contributed by atoms with Crippen LogP contribution in [0.15, 0.2) is 18.2 Å². The Morgan fingerprint density at radius 3 is 2.50 bits per heavy atom. The van der Waals surface area contributed by atoms with Gasteiger partial charge in [-0.2, -0.15) is 0 Å². The molecule has 0 atom stereocenters. The van der Waals surface area contributed by atoms with E-state index < -0.39 is 0 Å². The summed E-state index contributed by atoms with van der Waals surface area (Å²) in [5, 5.41) is 6.38. The van der Waals surface area contributed by atoms with Crippen molar-refractivity contribution in [1.29, 1.82) is 0 Å². The van der Waals surface area contributed by atoms with Crippen LogP contribution in [0, 0.1) is 6.92 Å². The van der Waals surface area contributed by atoms with Crippen LogP contribution in [0.3, 0.4) is 0 Å². The molecular formula is C19H29N3O2. The monoisotopic (exact) mass is 331 g/mol. The van der Waals surface area contributed by atoms with Crippen LogP contribution in [-0.2, 0) is 9.59 Å². The molecule has 1 saturated heterocycles. The Balaban J connectivity index is 1.85. The van der Waals surface area contributed by atoms with Crippen molar-refractivity contribution in [3.8, 4) is 0 Å². The van der Waals surface area contributed by atoms with E-state index in [9.17, 15) is 9.59 Å². The maximum absolute atomic E-state index is 12.2. The van der Waals surface area contributed by atoms with E-state index in [2.05, 4.69) is 49.6 Å². The molecule has 132 valence electrons. The second-order valence-electron chi connectivity index (χ2n) is 6.90. The van der Waals surface area contributed by atoms with Crippen molar-refractivity contribution in [2.24, 2.45) is 0 Å². The highest BCUT2D eigenvalue weighted by molar-refractivity contribution is 5.81. The SMILES string of the molecule is CC(=O)N1CCC(NC(=O)CNc2c(C)cccc2C(C)C)CC1. The molecular weight excluding hydrogens is 302 g/mol. The average Bonchev–Trinajstić information content (AvgIpc) is 2.53. The number of benzene rings is 1. The minimum Gasteiger partial charge on any atom is -0.376 e. The fraction of sp³-hybridized carbons (Fsp3) is 0.579. The number of nitrogens with one attached hydrogen (secondary N) is 2. The first-order chi connectivity index (χ1) is 11.4. The van der Waals surface area contributed by atoms with Gasteiger partial charge in [0.15, 0.2) is 0 Å². The van der Waals surface area contributed by atoms with Crippen LogP contribution in [0.25, 0.3) is 0 Å². The van der Waals surface area contributed by atoms with Crippen molar-refractivity contribution >= 4 is 17.5 Å². The molecule has 1 fully saturated rings. The fourth-order valence-electron chi connectivity index (χ4n) is 3.20. The van der Waals surface area contributed by atoms with Gasteiger partial charge in [-0.05, 0) is 36.8 Å². The van der Waals surface area contributed by atoms with Gasteiger partial charge in [0.2, 0.25) is 11.8 Å². The molecule has 0 saturated carbocycles. The summed E-state index contributed by atoms with van der Waals surface area (Å²) < 4.78 is 0. The zero-order valence-electron chi connectivity index (χ0n) is 15.2. The third-order valence-corrected chi connectivity index (χ3v) is 4.66. The molecule has 1 aromatic rings. The lowest BCUT2D eigenvalue weighted by Gasteiger charge is -2.31. The van der Waals surface area contributed by atoms with Gasteiger partial charge >= 0.3 is 0 Å². The number of carbonyl (C=O) groups excluding carboxylic acids is 2. The smallest absolute Gasteiger partial charge is 0.239 e. The van der Waals surface area contributed by atoms with E-state index in [0.717, 1.165) is 37.2 Å². The van der Waals surface area contributed by atoms with Crippen molar-refractivity contribution in [1.82, 2.24) is 10.2 Å². The number of anilines is 1. The van der Waals surface area contributed by atoms with E-state index in [1.165, 1.54) is 5.56 Å². The van der Waals surface area contributed by atoms with Crippen LogP contribution < -0.4 is 10.6 Å². The van der Waals surface area contributed by atoms with Crippen molar-refractivity contribution in [3.05, 3.63) is 29.3 Å². The average molecular weight is 331 g/mol. The normalized spacial score (nSPS) is 15.5. The minimum atomic E-state index is 0.00855. The van der Waals surface area contributed by atoms with Gasteiger partial charge in [-0.3, -0.25) is 9.59 Å². The first-order valence-electron chi connectivity index (χ1n) is 8.76. The summed E-state index contributed by atoms with van der Waals surface area (Å²) in [6, 6.07) is 6.38. The van der Waals surface area contributed by atoms with Crippen molar-refractivity contribution < 1.29 is 9.59 Å². The van der Waals surface area contributed by atoms with Crippen molar-refractivity contribution in [2.75, 3.05) is 25.0 Å². The van der Waals surface area contributed by atoms with E-state index in [0.29, 0.717) is 5.92 Å². The standard InChI is InChI=1S/C19H29N3O2/c1-13(2)17-7-5-6-14(3)19(17)20-12-18(24)21-16-8-10-22(11-9-16)15(4)23/h5-7,13,16,20H,8-12H2,1-4H3,(H,21,24). The van der Waals surface area contributed by atoms with Gasteiger partial charge in [-0.25, -0.2) is 0 Å². The lowest BCUT2D eigenvalue weighted by Crippen LogP contribution is -2.47. The lowest BCUT2D eigenvalue weighted by atomic mass is 9.98. The van der Waals surface area contributed by atoms with Crippen LogP contribution in [0.2, 0.25) is 0 Å². The summed E-state index contributed by atoms with van der Waals surface area (Å²) in [4.78, 5) is 25.4. The maximum Gasteiger partial charge on any atom is 0.239 e. The quantitative estimate of drug-likeness (QED) is 0.872. The number of rotatable bonds is 5. The number of para-hydroxylation sites is 1. The molecule has 2 amide bonds. The molecule has 2 rings (SSSR count). The van der Waals surface area contributed by atoms with E-state index in [-0.39, 0.29) is 24.4 Å². The zero-order valence-corrected chi connectivity index (χ0v) is 15.2. The van der Waals surface area contributed by atoms with E-state index in [1.807, 2.05) is 4.90 Å². The number of likely N-dealkylation sites (tertiary alicyclic amines) is 1. The molecule has 0 radical (unpaired) electrons. The second kappa shape index (κ2) is 8.18. The molecule has 1 heterocycles. The Kier molecular flexibility index (Phi) is 6.23. The van der Waals surface area contributed by atoms with E-state index in [4.69, 9.17) is 0 Å². The number of hydrogen-bond acceptors (Lipinski definition) is 3. The highest BCUT2D eigenvalue weighted by Crippen LogP contribution is 2.27. The first-order valence-corrected chi connectivity index (χ1v) is 8.76. The number of amides is 2. The summed E-state index contributed by atoms with van der Waals surface area (Å²) in [6.07, 6.45) is 1.65. The molecule has 0 aliphatic carbocycles.